The second-order valence-corrected chi connectivity index (χ2v) is 8.03. The number of rotatable bonds is 6. The second kappa shape index (κ2) is 6.79. The number of aryl methyl sites for hydroxylation is 1. The number of hydrogen-bond donors (Lipinski definition) is 1. The fourth-order valence-electron chi connectivity index (χ4n) is 2.12. The lowest BCUT2D eigenvalue weighted by atomic mass is 10.1. The summed E-state index contributed by atoms with van der Waals surface area (Å²) in [7, 11) is 1.53. The minimum absolute atomic E-state index is 0.0222. The van der Waals surface area contributed by atoms with Gasteiger partial charge in [-0.3, -0.25) is 9.48 Å². The van der Waals surface area contributed by atoms with E-state index in [-0.39, 0.29) is 10.8 Å². The molecule has 1 amide bonds. The van der Waals surface area contributed by atoms with Crippen molar-refractivity contribution >= 4 is 25.6 Å². The summed E-state index contributed by atoms with van der Waals surface area (Å²) >= 11 is 0. The zero-order chi connectivity index (χ0) is 16.4. The third-order valence-electron chi connectivity index (χ3n) is 3.27. The number of nitrogens with zero attached hydrogens (tertiary/aromatic N) is 2. The van der Waals surface area contributed by atoms with Crippen LogP contribution >= 0.6 is 10.7 Å². The van der Waals surface area contributed by atoms with Gasteiger partial charge in [0.15, 0.2) is 0 Å². The summed E-state index contributed by atoms with van der Waals surface area (Å²) in [6.45, 7) is 9.56. The van der Waals surface area contributed by atoms with Crippen LogP contribution in [0.5, 0.6) is 0 Å². The Morgan fingerprint density at radius 1 is 1.33 bits per heavy atom. The second-order valence-electron chi connectivity index (χ2n) is 5.53. The molecule has 0 fully saturated rings. The highest BCUT2D eigenvalue weighted by Crippen LogP contribution is 2.25. The zero-order valence-electron chi connectivity index (χ0n) is 13.0. The van der Waals surface area contributed by atoms with Gasteiger partial charge in [0.2, 0.25) is 5.91 Å². The first-order chi connectivity index (χ1) is 9.55. The van der Waals surface area contributed by atoms with Gasteiger partial charge in [-0.25, -0.2) is 8.42 Å². The molecule has 1 unspecified atom stereocenters. The van der Waals surface area contributed by atoms with Crippen LogP contribution in [-0.2, 0) is 13.8 Å². The topological polar surface area (TPSA) is 81.1 Å². The van der Waals surface area contributed by atoms with Crippen LogP contribution in [-0.4, -0.2) is 30.7 Å². The van der Waals surface area contributed by atoms with Crippen molar-refractivity contribution in [1.82, 2.24) is 15.1 Å². The van der Waals surface area contributed by atoms with E-state index < -0.39 is 15.1 Å². The molecule has 6 nitrogen and oxygen atoms in total. The average molecular weight is 336 g/mol. The Morgan fingerprint density at radius 2 is 1.90 bits per heavy atom. The van der Waals surface area contributed by atoms with Gasteiger partial charge in [0.25, 0.3) is 9.05 Å². The van der Waals surface area contributed by atoms with Gasteiger partial charge in [-0.2, -0.15) is 5.10 Å². The van der Waals surface area contributed by atoms with Crippen LogP contribution in [0.4, 0.5) is 0 Å². The SMILES string of the molecule is Cc1nn(C(C)C(=O)NCCC(C)C)c(C)c1S(=O)(=O)Cl. The van der Waals surface area contributed by atoms with E-state index in [2.05, 4.69) is 24.3 Å². The highest BCUT2D eigenvalue weighted by atomic mass is 35.7. The highest BCUT2D eigenvalue weighted by Gasteiger charge is 2.26. The van der Waals surface area contributed by atoms with Crippen molar-refractivity contribution in [2.75, 3.05) is 6.54 Å². The molecule has 1 aromatic rings. The molecule has 1 heterocycles. The molecule has 8 heteroatoms. The lowest BCUT2D eigenvalue weighted by Crippen LogP contribution is -2.33. The largest absolute Gasteiger partial charge is 0.354 e. The molecular formula is C13H22ClN3O3S. The molecule has 0 spiro atoms. The van der Waals surface area contributed by atoms with E-state index >= 15 is 0 Å². The molecule has 0 aromatic carbocycles. The predicted molar refractivity (Wildman–Crippen MR) is 81.9 cm³/mol. The van der Waals surface area contributed by atoms with Crippen LogP contribution < -0.4 is 5.32 Å². The number of nitrogens with one attached hydrogen (secondary N) is 1. The fraction of sp³-hybridized carbons (Fsp3) is 0.692. The molecule has 120 valence electrons. The number of amides is 1. The van der Waals surface area contributed by atoms with Gasteiger partial charge < -0.3 is 5.32 Å². The average Bonchev–Trinajstić information content (AvgIpc) is 2.62. The zero-order valence-corrected chi connectivity index (χ0v) is 14.5. The molecular weight excluding hydrogens is 314 g/mol. The van der Waals surface area contributed by atoms with Gasteiger partial charge in [0.1, 0.15) is 10.9 Å². The van der Waals surface area contributed by atoms with Crippen LogP contribution in [0.15, 0.2) is 4.90 Å². The van der Waals surface area contributed by atoms with Crippen LogP contribution in [0, 0.1) is 19.8 Å². The standard InChI is InChI=1S/C13H22ClN3O3S/c1-8(2)6-7-15-13(18)11(5)17-10(4)12(9(3)16-17)21(14,19)20/h8,11H,6-7H2,1-5H3,(H,15,18). The molecule has 1 N–H and O–H groups in total. The number of carbonyl (C=O) groups is 1. The monoisotopic (exact) mass is 335 g/mol. The molecule has 21 heavy (non-hydrogen) atoms. The molecule has 0 aliphatic rings. The van der Waals surface area contributed by atoms with Crippen molar-refractivity contribution in [3.05, 3.63) is 11.4 Å². The molecule has 0 aliphatic carbocycles. The summed E-state index contributed by atoms with van der Waals surface area (Å²) in [5.41, 5.74) is 0.665. The Balaban J connectivity index is 2.94. The van der Waals surface area contributed by atoms with Gasteiger partial charge in [0.05, 0.1) is 11.4 Å². The normalized spacial score (nSPS) is 13.5. The maximum absolute atomic E-state index is 12.1. The first kappa shape index (κ1) is 18.0. The molecule has 0 saturated carbocycles. The summed E-state index contributed by atoms with van der Waals surface area (Å²) < 4.78 is 24.5. The summed E-state index contributed by atoms with van der Waals surface area (Å²) in [5.74, 6) is 0.307. The molecule has 0 aliphatic heterocycles. The first-order valence-electron chi connectivity index (χ1n) is 6.83. The summed E-state index contributed by atoms with van der Waals surface area (Å²) in [6.07, 6.45) is 0.886. The van der Waals surface area contributed by atoms with Crippen molar-refractivity contribution in [2.45, 2.75) is 52.0 Å². The molecule has 1 aromatic heterocycles. The quantitative estimate of drug-likeness (QED) is 0.808. The minimum atomic E-state index is -3.87. The summed E-state index contributed by atoms with van der Waals surface area (Å²) in [6, 6.07) is -0.594. The Morgan fingerprint density at radius 3 is 2.33 bits per heavy atom. The molecule has 0 radical (unpaired) electrons. The van der Waals surface area contributed by atoms with E-state index in [1.54, 1.807) is 20.8 Å². The van der Waals surface area contributed by atoms with E-state index in [1.807, 2.05) is 0 Å². The lowest BCUT2D eigenvalue weighted by Gasteiger charge is -2.15. The number of carbonyl (C=O) groups excluding carboxylic acids is 1. The molecule has 0 bridgehead atoms. The van der Waals surface area contributed by atoms with Gasteiger partial charge >= 0.3 is 0 Å². The highest BCUT2D eigenvalue weighted by molar-refractivity contribution is 8.13. The van der Waals surface area contributed by atoms with Crippen LogP contribution in [0.1, 0.15) is 44.6 Å². The number of halogens is 1. The Labute approximate surface area is 130 Å². The molecule has 1 atom stereocenters. The van der Waals surface area contributed by atoms with E-state index in [1.165, 1.54) is 4.68 Å². The van der Waals surface area contributed by atoms with Gasteiger partial charge in [-0.1, -0.05) is 13.8 Å². The number of aromatic nitrogens is 2. The predicted octanol–water partition coefficient (Wildman–Crippen LogP) is 2.15. The van der Waals surface area contributed by atoms with E-state index in [9.17, 15) is 13.2 Å². The Kier molecular flexibility index (Phi) is 5.81. The minimum Gasteiger partial charge on any atom is -0.354 e. The van der Waals surface area contributed by atoms with Crippen LogP contribution in [0.2, 0.25) is 0 Å². The lowest BCUT2D eigenvalue weighted by molar-refractivity contribution is -0.124. The fourth-order valence-corrected chi connectivity index (χ4v) is 3.63. The van der Waals surface area contributed by atoms with E-state index in [0.717, 1.165) is 6.42 Å². The van der Waals surface area contributed by atoms with Crippen molar-refractivity contribution in [2.24, 2.45) is 5.92 Å². The molecule has 0 saturated heterocycles. The summed E-state index contributed by atoms with van der Waals surface area (Å²) in [4.78, 5) is 12.1. The van der Waals surface area contributed by atoms with Crippen molar-refractivity contribution in [3.8, 4) is 0 Å². The summed E-state index contributed by atoms with van der Waals surface area (Å²) in [5, 5.41) is 6.96. The third-order valence-corrected chi connectivity index (χ3v) is 4.81. The number of hydrogen-bond acceptors (Lipinski definition) is 4. The Bertz CT molecular complexity index is 623. The molecule has 1 rings (SSSR count). The van der Waals surface area contributed by atoms with E-state index in [4.69, 9.17) is 10.7 Å². The first-order valence-corrected chi connectivity index (χ1v) is 9.14. The van der Waals surface area contributed by atoms with E-state index in [0.29, 0.717) is 23.9 Å². The maximum atomic E-state index is 12.1. The van der Waals surface area contributed by atoms with Gasteiger partial charge in [0, 0.05) is 17.2 Å². The maximum Gasteiger partial charge on any atom is 0.264 e. The van der Waals surface area contributed by atoms with Crippen LogP contribution in [0.25, 0.3) is 0 Å². The smallest absolute Gasteiger partial charge is 0.264 e. The van der Waals surface area contributed by atoms with Gasteiger partial charge in [-0.05, 0) is 33.1 Å². The van der Waals surface area contributed by atoms with Gasteiger partial charge in [-0.15, -0.1) is 0 Å². The van der Waals surface area contributed by atoms with Crippen molar-refractivity contribution < 1.29 is 13.2 Å². The van der Waals surface area contributed by atoms with Crippen molar-refractivity contribution in [1.29, 1.82) is 0 Å². The Hall–Kier alpha value is -1.08. The van der Waals surface area contributed by atoms with Crippen LogP contribution in [0.3, 0.4) is 0 Å². The third kappa shape index (κ3) is 4.44. The van der Waals surface area contributed by atoms with Crippen molar-refractivity contribution in [3.63, 3.8) is 0 Å².